The quantitative estimate of drug-likeness (QED) is 0.654. The number of nitrogens with one attached hydrogen (secondary N) is 1. The van der Waals surface area contributed by atoms with Crippen molar-refractivity contribution in [2.45, 2.75) is 23.5 Å². The van der Waals surface area contributed by atoms with Crippen LogP contribution < -0.4 is 5.32 Å². The lowest BCUT2D eigenvalue weighted by atomic mass is 10.3. The number of hydrogen-bond donors (Lipinski definition) is 1. The van der Waals surface area contributed by atoms with Gasteiger partial charge in [-0.3, -0.25) is 9.20 Å². The third-order valence-electron chi connectivity index (χ3n) is 3.46. The lowest BCUT2D eigenvalue weighted by Gasteiger charge is -2.11. The van der Waals surface area contributed by atoms with Crippen LogP contribution in [0.25, 0.3) is 5.65 Å². The number of thioether (sulfide) groups is 1. The minimum atomic E-state index is -4.47. The fourth-order valence-electron chi connectivity index (χ4n) is 2.11. The van der Waals surface area contributed by atoms with Crippen molar-refractivity contribution in [1.82, 2.24) is 14.6 Å². The first-order chi connectivity index (χ1) is 12.2. The van der Waals surface area contributed by atoms with E-state index < -0.39 is 17.0 Å². The van der Waals surface area contributed by atoms with Crippen molar-refractivity contribution in [1.29, 1.82) is 0 Å². The zero-order chi connectivity index (χ0) is 18.9. The molecule has 0 radical (unpaired) electrons. The first kappa shape index (κ1) is 18.5. The largest absolute Gasteiger partial charge is 0.417 e. The zero-order valence-electron chi connectivity index (χ0n) is 13.3. The van der Waals surface area contributed by atoms with Gasteiger partial charge in [-0.05, 0) is 43.3 Å². The number of anilines is 1. The van der Waals surface area contributed by atoms with Gasteiger partial charge in [0, 0.05) is 16.9 Å². The maximum absolute atomic E-state index is 12.9. The molecule has 0 aliphatic carbocycles. The van der Waals surface area contributed by atoms with E-state index in [-0.39, 0.29) is 16.7 Å². The summed E-state index contributed by atoms with van der Waals surface area (Å²) >= 11 is 6.80. The van der Waals surface area contributed by atoms with E-state index in [9.17, 15) is 18.0 Å². The van der Waals surface area contributed by atoms with Crippen LogP contribution in [0.4, 0.5) is 18.9 Å². The molecule has 0 fully saturated rings. The van der Waals surface area contributed by atoms with E-state index in [1.807, 2.05) is 0 Å². The highest BCUT2D eigenvalue weighted by Crippen LogP contribution is 2.31. The number of fused-ring (bicyclic) bond motifs is 1. The maximum atomic E-state index is 12.9. The molecule has 26 heavy (non-hydrogen) atoms. The number of nitrogens with zero attached hydrogens (tertiary/aromatic N) is 3. The van der Waals surface area contributed by atoms with Gasteiger partial charge in [-0.1, -0.05) is 23.4 Å². The van der Waals surface area contributed by atoms with Gasteiger partial charge >= 0.3 is 6.18 Å². The summed E-state index contributed by atoms with van der Waals surface area (Å²) in [6, 6.07) is 8.76. The first-order valence-corrected chi connectivity index (χ1v) is 8.65. The molecular formula is C16H12ClF3N4OS. The van der Waals surface area contributed by atoms with Gasteiger partial charge in [0.1, 0.15) is 0 Å². The summed E-state index contributed by atoms with van der Waals surface area (Å²) in [4.78, 5) is 12.3. The fourth-order valence-corrected chi connectivity index (χ4v) is 3.06. The number of carbonyl (C=O) groups excluding carboxylic acids is 1. The zero-order valence-corrected chi connectivity index (χ0v) is 14.9. The Hall–Kier alpha value is -2.26. The normalized spacial score (nSPS) is 13.0. The second-order valence-corrected chi connectivity index (χ2v) is 7.13. The van der Waals surface area contributed by atoms with Gasteiger partial charge in [-0.2, -0.15) is 13.2 Å². The average Bonchev–Trinajstić information content (AvgIpc) is 2.98. The van der Waals surface area contributed by atoms with Gasteiger partial charge in [0.05, 0.1) is 10.8 Å². The van der Waals surface area contributed by atoms with Crippen LogP contribution in [0.3, 0.4) is 0 Å². The Kier molecular flexibility index (Phi) is 5.10. The summed E-state index contributed by atoms with van der Waals surface area (Å²) in [7, 11) is 0. The predicted molar refractivity (Wildman–Crippen MR) is 93.4 cm³/mol. The Bertz CT molecular complexity index is 943. The van der Waals surface area contributed by atoms with Crippen molar-refractivity contribution in [3.8, 4) is 0 Å². The highest BCUT2D eigenvalue weighted by Gasteiger charge is 2.31. The molecule has 0 bridgehead atoms. The van der Waals surface area contributed by atoms with E-state index >= 15 is 0 Å². The molecule has 3 rings (SSSR count). The second kappa shape index (κ2) is 7.16. The number of hydrogen-bond acceptors (Lipinski definition) is 4. The van der Waals surface area contributed by atoms with Crippen LogP contribution >= 0.6 is 23.4 Å². The van der Waals surface area contributed by atoms with Gasteiger partial charge in [-0.15, -0.1) is 10.2 Å². The smallest absolute Gasteiger partial charge is 0.325 e. The second-order valence-electron chi connectivity index (χ2n) is 5.38. The minimum absolute atomic E-state index is 0.199. The van der Waals surface area contributed by atoms with Gasteiger partial charge in [0.25, 0.3) is 0 Å². The molecule has 10 heteroatoms. The standard InChI is InChI=1S/C16H12ClF3N4OS/c1-9(14(25)21-12-5-3-11(17)4-6-12)26-15-23-22-13-7-2-10(8-24(13)15)16(18,19)20/h2-9H,1H3,(H,21,25). The Morgan fingerprint density at radius 3 is 2.54 bits per heavy atom. The van der Waals surface area contributed by atoms with Gasteiger partial charge in [0.15, 0.2) is 10.8 Å². The Morgan fingerprint density at radius 2 is 1.88 bits per heavy atom. The van der Waals surface area contributed by atoms with Crippen LogP contribution in [0.1, 0.15) is 12.5 Å². The Balaban J connectivity index is 1.77. The average molecular weight is 401 g/mol. The van der Waals surface area contributed by atoms with Crippen LogP contribution in [0.2, 0.25) is 5.02 Å². The van der Waals surface area contributed by atoms with Crippen LogP contribution in [0.5, 0.6) is 0 Å². The highest BCUT2D eigenvalue weighted by molar-refractivity contribution is 8.00. The van der Waals surface area contributed by atoms with Crippen molar-refractivity contribution in [2.75, 3.05) is 5.32 Å². The number of halogens is 4. The van der Waals surface area contributed by atoms with Crippen LogP contribution in [0.15, 0.2) is 47.8 Å². The molecule has 0 aliphatic heterocycles. The molecule has 0 aliphatic rings. The first-order valence-electron chi connectivity index (χ1n) is 7.39. The van der Waals surface area contributed by atoms with Crippen molar-refractivity contribution < 1.29 is 18.0 Å². The molecule has 3 aromatic rings. The fraction of sp³-hybridized carbons (Fsp3) is 0.188. The molecule has 1 amide bonds. The third-order valence-corrected chi connectivity index (χ3v) is 4.77. The van der Waals surface area contributed by atoms with Crippen molar-refractivity contribution in [2.24, 2.45) is 0 Å². The minimum Gasteiger partial charge on any atom is -0.325 e. The monoisotopic (exact) mass is 400 g/mol. The van der Waals surface area contributed by atoms with Crippen LogP contribution in [-0.2, 0) is 11.0 Å². The number of carbonyl (C=O) groups is 1. The molecule has 0 spiro atoms. The van der Waals surface area contributed by atoms with E-state index in [1.165, 1.54) is 10.5 Å². The number of alkyl halides is 3. The molecule has 1 N–H and O–H groups in total. The molecule has 1 unspecified atom stereocenters. The van der Waals surface area contributed by atoms with Gasteiger partial charge in [-0.25, -0.2) is 0 Å². The number of pyridine rings is 1. The maximum Gasteiger partial charge on any atom is 0.417 e. The molecule has 0 saturated heterocycles. The Morgan fingerprint density at radius 1 is 1.19 bits per heavy atom. The SMILES string of the molecule is CC(Sc1nnc2ccc(C(F)(F)F)cn12)C(=O)Nc1ccc(Cl)cc1. The van der Waals surface area contributed by atoms with Gasteiger partial charge in [0.2, 0.25) is 5.91 Å². The number of benzene rings is 1. The summed E-state index contributed by atoms with van der Waals surface area (Å²) in [5.74, 6) is -0.318. The van der Waals surface area contributed by atoms with E-state index in [4.69, 9.17) is 11.6 Å². The predicted octanol–water partition coefficient (Wildman–Crippen LogP) is 4.52. The molecule has 136 valence electrons. The molecule has 2 aromatic heterocycles. The number of aromatic nitrogens is 3. The van der Waals surface area contributed by atoms with Crippen molar-refractivity contribution >= 4 is 40.6 Å². The molecule has 2 heterocycles. The van der Waals surface area contributed by atoms with E-state index in [0.29, 0.717) is 10.7 Å². The topological polar surface area (TPSA) is 59.3 Å². The summed E-state index contributed by atoms with van der Waals surface area (Å²) in [6.07, 6.45) is -3.56. The lowest BCUT2D eigenvalue weighted by molar-refractivity contribution is -0.137. The molecular weight excluding hydrogens is 389 g/mol. The molecule has 0 saturated carbocycles. The van der Waals surface area contributed by atoms with Crippen molar-refractivity contribution in [3.63, 3.8) is 0 Å². The van der Waals surface area contributed by atoms with Crippen molar-refractivity contribution in [3.05, 3.63) is 53.2 Å². The molecule has 1 aromatic carbocycles. The van der Waals surface area contributed by atoms with E-state index in [2.05, 4.69) is 15.5 Å². The van der Waals surface area contributed by atoms with E-state index in [0.717, 1.165) is 24.0 Å². The summed E-state index contributed by atoms with van der Waals surface area (Å²) in [5.41, 5.74) is 0.0213. The summed E-state index contributed by atoms with van der Waals surface area (Å²) in [5, 5.41) is 10.5. The summed E-state index contributed by atoms with van der Waals surface area (Å²) < 4.78 is 39.9. The number of amides is 1. The lowest BCUT2D eigenvalue weighted by Crippen LogP contribution is -2.22. The van der Waals surface area contributed by atoms with Crippen LogP contribution in [0, 0.1) is 0 Å². The highest BCUT2D eigenvalue weighted by atomic mass is 35.5. The summed E-state index contributed by atoms with van der Waals surface area (Å²) in [6.45, 7) is 1.63. The molecule has 1 atom stereocenters. The molecule has 5 nitrogen and oxygen atoms in total. The van der Waals surface area contributed by atoms with E-state index in [1.54, 1.807) is 31.2 Å². The van der Waals surface area contributed by atoms with Crippen LogP contribution in [-0.4, -0.2) is 25.8 Å². The Labute approximate surface area is 155 Å². The number of rotatable bonds is 4. The third kappa shape index (κ3) is 4.10. The van der Waals surface area contributed by atoms with Gasteiger partial charge < -0.3 is 5.32 Å².